The van der Waals surface area contributed by atoms with Crippen molar-refractivity contribution in [2.75, 3.05) is 0 Å². The highest BCUT2D eigenvalue weighted by Gasteiger charge is 2.13. The summed E-state index contributed by atoms with van der Waals surface area (Å²) >= 11 is 9.09. The number of hydrogen-bond donors (Lipinski definition) is 1. The van der Waals surface area contributed by atoms with E-state index in [2.05, 4.69) is 21.2 Å². The molecule has 2 aromatic rings. The van der Waals surface area contributed by atoms with Gasteiger partial charge < -0.3 is 5.32 Å². The standard InChI is InChI=1S/C14H11BrClFN2O2/c15-13-4-3-12(17)5-10(13)8-18-7-9-1-2-11(16)6-14(9)19(20)21/h1-6,18H,7-8H2. The van der Waals surface area contributed by atoms with Crippen LogP contribution in [-0.2, 0) is 13.1 Å². The van der Waals surface area contributed by atoms with Gasteiger partial charge in [-0.1, -0.05) is 27.5 Å². The fraction of sp³-hybridized carbons (Fsp3) is 0.143. The number of hydrogen-bond acceptors (Lipinski definition) is 3. The van der Waals surface area contributed by atoms with E-state index >= 15 is 0 Å². The predicted octanol–water partition coefficient (Wildman–Crippen LogP) is 4.44. The van der Waals surface area contributed by atoms with Crippen LogP contribution in [0.15, 0.2) is 40.9 Å². The van der Waals surface area contributed by atoms with Crippen LogP contribution in [0.3, 0.4) is 0 Å². The largest absolute Gasteiger partial charge is 0.308 e. The van der Waals surface area contributed by atoms with Crippen molar-refractivity contribution in [3.05, 3.63) is 73.0 Å². The third-order valence-electron chi connectivity index (χ3n) is 2.88. The molecule has 110 valence electrons. The number of nitrogens with zero attached hydrogens (tertiary/aromatic N) is 1. The fourth-order valence-corrected chi connectivity index (χ4v) is 2.42. The quantitative estimate of drug-likeness (QED) is 0.623. The van der Waals surface area contributed by atoms with Crippen LogP contribution in [0.5, 0.6) is 0 Å². The monoisotopic (exact) mass is 372 g/mol. The second kappa shape index (κ2) is 6.98. The highest BCUT2D eigenvalue weighted by Crippen LogP contribution is 2.23. The molecule has 2 rings (SSSR count). The van der Waals surface area contributed by atoms with Crippen molar-refractivity contribution in [1.82, 2.24) is 5.32 Å². The molecule has 0 aliphatic carbocycles. The topological polar surface area (TPSA) is 55.2 Å². The minimum atomic E-state index is -0.471. The molecule has 0 unspecified atom stereocenters. The summed E-state index contributed by atoms with van der Waals surface area (Å²) in [5.41, 5.74) is 1.23. The Labute approximate surface area is 134 Å². The van der Waals surface area contributed by atoms with Crippen LogP contribution in [0.1, 0.15) is 11.1 Å². The molecule has 4 nitrogen and oxygen atoms in total. The first-order valence-electron chi connectivity index (χ1n) is 6.05. The van der Waals surface area contributed by atoms with Crippen LogP contribution in [-0.4, -0.2) is 4.92 Å². The molecule has 7 heteroatoms. The SMILES string of the molecule is O=[N+]([O-])c1cc(Cl)ccc1CNCc1cc(F)ccc1Br. The third kappa shape index (κ3) is 4.23. The predicted molar refractivity (Wildman–Crippen MR) is 82.8 cm³/mol. The van der Waals surface area contributed by atoms with Crippen LogP contribution < -0.4 is 5.32 Å². The smallest absolute Gasteiger partial charge is 0.275 e. The summed E-state index contributed by atoms with van der Waals surface area (Å²) in [4.78, 5) is 10.5. The van der Waals surface area contributed by atoms with Crippen molar-refractivity contribution in [1.29, 1.82) is 0 Å². The van der Waals surface area contributed by atoms with Crippen LogP contribution in [0.4, 0.5) is 10.1 Å². The van der Waals surface area contributed by atoms with Crippen LogP contribution in [0, 0.1) is 15.9 Å². The third-order valence-corrected chi connectivity index (χ3v) is 3.89. The van der Waals surface area contributed by atoms with Crippen LogP contribution >= 0.6 is 27.5 Å². The van der Waals surface area contributed by atoms with Crippen molar-refractivity contribution in [3.8, 4) is 0 Å². The molecular formula is C14H11BrClFN2O2. The lowest BCUT2D eigenvalue weighted by molar-refractivity contribution is -0.385. The molecule has 0 aliphatic heterocycles. The molecule has 2 aromatic carbocycles. The molecule has 0 heterocycles. The fourth-order valence-electron chi connectivity index (χ4n) is 1.87. The molecule has 0 atom stereocenters. The summed E-state index contributed by atoms with van der Waals surface area (Å²) in [6, 6.07) is 8.91. The second-order valence-corrected chi connectivity index (χ2v) is 5.66. The normalized spacial score (nSPS) is 10.6. The van der Waals surface area contributed by atoms with E-state index in [9.17, 15) is 14.5 Å². The van der Waals surface area contributed by atoms with Gasteiger partial charge in [-0.15, -0.1) is 0 Å². The first kappa shape index (κ1) is 15.9. The Morgan fingerprint density at radius 1 is 1.19 bits per heavy atom. The first-order valence-corrected chi connectivity index (χ1v) is 7.22. The molecule has 0 fully saturated rings. The van der Waals surface area contributed by atoms with Gasteiger partial charge in [0.1, 0.15) is 5.82 Å². The van der Waals surface area contributed by atoms with Gasteiger partial charge >= 0.3 is 0 Å². The van der Waals surface area contributed by atoms with Crippen molar-refractivity contribution >= 4 is 33.2 Å². The van der Waals surface area contributed by atoms with Gasteiger partial charge in [-0.25, -0.2) is 4.39 Å². The van der Waals surface area contributed by atoms with Gasteiger partial charge in [-0.05, 0) is 35.9 Å². The molecule has 0 radical (unpaired) electrons. The maximum Gasteiger partial charge on any atom is 0.275 e. The summed E-state index contributed by atoms with van der Waals surface area (Å²) in [6.07, 6.45) is 0. The summed E-state index contributed by atoms with van der Waals surface area (Å²) in [6.45, 7) is 0.675. The zero-order chi connectivity index (χ0) is 15.4. The van der Waals surface area contributed by atoms with Crippen molar-refractivity contribution < 1.29 is 9.31 Å². The molecule has 0 aromatic heterocycles. The maximum atomic E-state index is 13.2. The summed E-state index contributed by atoms with van der Waals surface area (Å²) < 4.78 is 13.9. The highest BCUT2D eigenvalue weighted by atomic mass is 79.9. The first-order chi connectivity index (χ1) is 9.97. The zero-order valence-corrected chi connectivity index (χ0v) is 13.1. The summed E-state index contributed by atoms with van der Waals surface area (Å²) in [5.74, 6) is -0.326. The molecule has 1 N–H and O–H groups in total. The lowest BCUT2D eigenvalue weighted by Crippen LogP contribution is -2.14. The van der Waals surface area contributed by atoms with Gasteiger partial charge in [0.25, 0.3) is 5.69 Å². The summed E-state index contributed by atoms with van der Waals surface area (Å²) in [5, 5.41) is 14.3. The molecule has 0 aliphatic rings. The zero-order valence-electron chi connectivity index (χ0n) is 10.8. The molecule has 0 saturated carbocycles. The van der Waals surface area contributed by atoms with E-state index in [-0.39, 0.29) is 18.0 Å². The Bertz CT molecular complexity index is 682. The number of benzene rings is 2. The lowest BCUT2D eigenvalue weighted by Gasteiger charge is -2.08. The second-order valence-electron chi connectivity index (χ2n) is 4.37. The average molecular weight is 374 g/mol. The van der Waals surface area contributed by atoms with E-state index in [0.29, 0.717) is 17.1 Å². The van der Waals surface area contributed by atoms with Crippen molar-refractivity contribution in [2.45, 2.75) is 13.1 Å². The number of nitro groups is 1. The molecular weight excluding hydrogens is 363 g/mol. The van der Waals surface area contributed by atoms with Gasteiger partial charge in [-0.3, -0.25) is 10.1 Å². The maximum absolute atomic E-state index is 13.2. The highest BCUT2D eigenvalue weighted by molar-refractivity contribution is 9.10. The number of halogens is 3. The van der Waals surface area contributed by atoms with E-state index < -0.39 is 4.92 Å². The summed E-state index contributed by atoms with van der Waals surface area (Å²) in [7, 11) is 0. The van der Waals surface area contributed by atoms with E-state index in [1.54, 1.807) is 18.2 Å². The molecule has 0 amide bonds. The van der Waals surface area contributed by atoms with Crippen molar-refractivity contribution in [2.24, 2.45) is 0 Å². The minimum absolute atomic E-state index is 0.0340. The van der Waals surface area contributed by atoms with E-state index in [0.717, 1.165) is 10.0 Å². The Kier molecular flexibility index (Phi) is 5.27. The van der Waals surface area contributed by atoms with E-state index in [4.69, 9.17) is 11.6 Å². The minimum Gasteiger partial charge on any atom is -0.308 e. The van der Waals surface area contributed by atoms with E-state index in [1.807, 2.05) is 0 Å². The number of nitrogens with one attached hydrogen (secondary N) is 1. The number of rotatable bonds is 5. The molecule has 0 bridgehead atoms. The van der Waals surface area contributed by atoms with Gasteiger partial charge in [0.05, 0.1) is 4.92 Å². The Balaban J connectivity index is 2.07. The molecule has 21 heavy (non-hydrogen) atoms. The van der Waals surface area contributed by atoms with Crippen molar-refractivity contribution in [3.63, 3.8) is 0 Å². The lowest BCUT2D eigenvalue weighted by atomic mass is 10.1. The number of nitro benzene ring substituents is 1. The van der Waals surface area contributed by atoms with Crippen LogP contribution in [0.2, 0.25) is 5.02 Å². The van der Waals surface area contributed by atoms with Gasteiger partial charge in [-0.2, -0.15) is 0 Å². The Hall–Kier alpha value is -1.50. The van der Waals surface area contributed by atoms with Gasteiger partial charge in [0.15, 0.2) is 0 Å². The van der Waals surface area contributed by atoms with Crippen LogP contribution in [0.25, 0.3) is 0 Å². The molecule has 0 spiro atoms. The Morgan fingerprint density at radius 2 is 1.90 bits per heavy atom. The van der Waals surface area contributed by atoms with Gasteiger partial charge in [0, 0.05) is 34.2 Å². The van der Waals surface area contributed by atoms with Gasteiger partial charge in [0.2, 0.25) is 0 Å². The van der Waals surface area contributed by atoms with E-state index in [1.165, 1.54) is 18.2 Å². The molecule has 0 saturated heterocycles. The Morgan fingerprint density at radius 3 is 2.62 bits per heavy atom. The average Bonchev–Trinajstić information content (AvgIpc) is 2.44.